The third kappa shape index (κ3) is 5.48. The molecule has 0 aliphatic carbocycles. The zero-order chi connectivity index (χ0) is 21.8. The van der Waals surface area contributed by atoms with Crippen molar-refractivity contribution in [2.75, 3.05) is 39.4 Å². The van der Waals surface area contributed by atoms with Gasteiger partial charge in [-0.2, -0.15) is 0 Å². The molecule has 0 saturated carbocycles. The number of fused-ring (bicyclic) bond motifs is 1. The highest BCUT2D eigenvalue weighted by molar-refractivity contribution is 5.82. The summed E-state index contributed by atoms with van der Waals surface area (Å²) in [6.07, 6.45) is 0.206. The molecule has 1 aliphatic rings. The lowest BCUT2D eigenvalue weighted by atomic mass is 10.1. The quantitative estimate of drug-likeness (QED) is 0.633. The number of ether oxygens (including phenoxy) is 1. The Morgan fingerprint density at radius 3 is 2.68 bits per heavy atom. The number of imidazole rings is 1. The number of carbonyl (C=O) groups excluding carboxylic acids is 1. The Bertz CT molecular complexity index is 1040. The van der Waals surface area contributed by atoms with Gasteiger partial charge in [0, 0.05) is 32.7 Å². The van der Waals surface area contributed by atoms with Crippen LogP contribution in [0.1, 0.15) is 22.5 Å². The molecule has 1 aliphatic heterocycles. The second-order valence-corrected chi connectivity index (χ2v) is 8.23. The molecule has 2 aromatic carbocycles. The van der Waals surface area contributed by atoms with Gasteiger partial charge in [0.15, 0.2) is 0 Å². The van der Waals surface area contributed by atoms with Gasteiger partial charge in [-0.15, -0.1) is 0 Å². The molecule has 0 bridgehead atoms. The van der Waals surface area contributed by atoms with E-state index in [9.17, 15) is 9.18 Å². The Kier molecular flexibility index (Phi) is 6.63. The van der Waals surface area contributed by atoms with Crippen LogP contribution in [0.15, 0.2) is 36.4 Å². The maximum absolute atomic E-state index is 13.3. The van der Waals surface area contributed by atoms with E-state index in [1.54, 1.807) is 12.1 Å². The molecule has 164 valence electrons. The second kappa shape index (κ2) is 9.58. The summed E-state index contributed by atoms with van der Waals surface area (Å²) < 4.78 is 18.7. The first-order valence-corrected chi connectivity index (χ1v) is 10.8. The number of nitrogens with one attached hydrogen (secondary N) is 1. The van der Waals surface area contributed by atoms with Crippen LogP contribution < -0.4 is 0 Å². The van der Waals surface area contributed by atoms with Crippen molar-refractivity contribution in [3.63, 3.8) is 0 Å². The molecule has 1 amide bonds. The van der Waals surface area contributed by atoms with Gasteiger partial charge in [-0.3, -0.25) is 9.69 Å². The zero-order valence-electron chi connectivity index (χ0n) is 18.2. The van der Waals surface area contributed by atoms with Gasteiger partial charge in [0.25, 0.3) is 0 Å². The smallest absolute Gasteiger partial charge is 0.230 e. The molecule has 0 unspecified atom stereocenters. The minimum absolute atomic E-state index is 0.00557. The number of amides is 1. The third-order valence-electron chi connectivity index (χ3n) is 5.72. The SMILES string of the molecule is Cc1cc(C)c2nc(CC(=O)N(CCN3CCOCC3)Cc3ccc(F)cc3)[nH]c2c1. The molecule has 1 N–H and O–H groups in total. The fourth-order valence-electron chi connectivity index (χ4n) is 4.05. The third-order valence-corrected chi connectivity index (χ3v) is 5.72. The van der Waals surface area contributed by atoms with Gasteiger partial charge in [-0.25, -0.2) is 9.37 Å². The molecule has 2 heterocycles. The normalized spacial score (nSPS) is 14.8. The van der Waals surface area contributed by atoms with Crippen molar-refractivity contribution in [3.05, 3.63) is 64.7 Å². The molecule has 7 heteroatoms. The Morgan fingerprint density at radius 2 is 1.94 bits per heavy atom. The number of hydrogen-bond donors (Lipinski definition) is 1. The summed E-state index contributed by atoms with van der Waals surface area (Å²) in [5, 5.41) is 0. The monoisotopic (exact) mass is 424 g/mol. The number of H-pyrrole nitrogens is 1. The first kappa shape index (κ1) is 21.5. The molecule has 0 atom stereocenters. The van der Waals surface area contributed by atoms with Crippen LogP contribution in [-0.4, -0.2) is 65.1 Å². The second-order valence-electron chi connectivity index (χ2n) is 8.23. The van der Waals surface area contributed by atoms with Crippen molar-refractivity contribution in [2.45, 2.75) is 26.8 Å². The van der Waals surface area contributed by atoms with Crippen LogP contribution in [0.25, 0.3) is 11.0 Å². The molecule has 3 aromatic rings. The van der Waals surface area contributed by atoms with Crippen LogP contribution in [0.3, 0.4) is 0 Å². The highest BCUT2D eigenvalue weighted by Gasteiger charge is 2.19. The van der Waals surface area contributed by atoms with E-state index in [0.29, 0.717) is 18.9 Å². The maximum atomic E-state index is 13.3. The van der Waals surface area contributed by atoms with Gasteiger partial charge < -0.3 is 14.6 Å². The number of aromatic amines is 1. The molecule has 1 fully saturated rings. The number of benzene rings is 2. The minimum Gasteiger partial charge on any atom is -0.379 e. The molecule has 1 aromatic heterocycles. The molecule has 0 spiro atoms. The predicted octanol–water partition coefficient (Wildman–Crippen LogP) is 3.22. The number of rotatable bonds is 7. The van der Waals surface area contributed by atoms with Crippen molar-refractivity contribution >= 4 is 16.9 Å². The van der Waals surface area contributed by atoms with Crippen molar-refractivity contribution in [1.29, 1.82) is 0 Å². The summed E-state index contributed by atoms with van der Waals surface area (Å²) in [6, 6.07) is 10.5. The van der Waals surface area contributed by atoms with E-state index in [4.69, 9.17) is 4.74 Å². The lowest BCUT2D eigenvalue weighted by Gasteiger charge is -2.30. The number of halogens is 1. The van der Waals surface area contributed by atoms with E-state index in [-0.39, 0.29) is 18.1 Å². The summed E-state index contributed by atoms with van der Waals surface area (Å²) in [4.78, 5) is 25.4. The predicted molar refractivity (Wildman–Crippen MR) is 118 cm³/mol. The molecule has 31 heavy (non-hydrogen) atoms. The fourth-order valence-corrected chi connectivity index (χ4v) is 4.05. The average Bonchev–Trinajstić information content (AvgIpc) is 3.15. The largest absolute Gasteiger partial charge is 0.379 e. The zero-order valence-corrected chi connectivity index (χ0v) is 18.2. The summed E-state index contributed by atoms with van der Waals surface area (Å²) in [5.74, 6) is 0.401. The number of hydrogen-bond acceptors (Lipinski definition) is 4. The molecule has 0 radical (unpaired) electrons. The standard InChI is InChI=1S/C24H29FN4O2/c1-17-13-18(2)24-21(14-17)26-22(27-24)15-23(30)29(8-7-28-9-11-31-12-10-28)16-19-3-5-20(25)6-4-19/h3-6,13-14H,7-12,15-16H2,1-2H3,(H,26,27). The van der Waals surface area contributed by atoms with Crippen LogP contribution in [0.5, 0.6) is 0 Å². The van der Waals surface area contributed by atoms with Gasteiger partial charge in [0.1, 0.15) is 11.6 Å². The molecule has 4 rings (SSSR count). The maximum Gasteiger partial charge on any atom is 0.230 e. The van der Waals surface area contributed by atoms with E-state index in [1.807, 2.05) is 18.7 Å². The lowest BCUT2D eigenvalue weighted by Crippen LogP contribution is -2.43. The molecular formula is C24H29FN4O2. The first-order chi connectivity index (χ1) is 15.0. The van der Waals surface area contributed by atoms with Gasteiger partial charge in [-0.05, 0) is 48.7 Å². The summed E-state index contributed by atoms with van der Waals surface area (Å²) in [6.45, 7) is 9.12. The van der Waals surface area contributed by atoms with Crippen LogP contribution in [0, 0.1) is 19.7 Å². The van der Waals surface area contributed by atoms with Crippen LogP contribution in [0.2, 0.25) is 0 Å². The fraction of sp³-hybridized carbons (Fsp3) is 0.417. The van der Waals surface area contributed by atoms with Crippen LogP contribution >= 0.6 is 0 Å². The number of carbonyl (C=O) groups is 1. The average molecular weight is 425 g/mol. The summed E-state index contributed by atoms with van der Waals surface area (Å²) >= 11 is 0. The van der Waals surface area contributed by atoms with Crippen molar-refractivity contribution in [2.24, 2.45) is 0 Å². The Morgan fingerprint density at radius 1 is 1.19 bits per heavy atom. The van der Waals surface area contributed by atoms with Crippen LogP contribution in [-0.2, 0) is 22.5 Å². The summed E-state index contributed by atoms with van der Waals surface area (Å²) in [5.41, 5.74) is 5.04. The Balaban J connectivity index is 1.49. The van der Waals surface area contributed by atoms with Crippen molar-refractivity contribution < 1.29 is 13.9 Å². The van der Waals surface area contributed by atoms with Crippen molar-refractivity contribution in [1.82, 2.24) is 19.8 Å². The van der Waals surface area contributed by atoms with E-state index in [0.717, 1.165) is 60.6 Å². The Hall–Kier alpha value is -2.77. The van der Waals surface area contributed by atoms with Crippen LogP contribution in [0.4, 0.5) is 4.39 Å². The van der Waals surface area contributed by atoms with E-state index < -0.39 is 0 Å². The number of aromatic nitrogens is 2. The highest BCUT2D eigenvalue weighted by atomic mass is 19.1. The van der Waals surface area contributed by atoms with Gasteiger partial charge in [0.2, 0.25) is 5.91 Å². The first-order valence-electron chi connectivity index (χ1n) is 10.8. The highest BCUT2D eigenvalue weighted by Crippen LogP contribution is 2.19. The van der Waals surface area contributed by atoms with Gasteiger partial charge in [0.05, 0.1) is 30.7 Å². The van der Waals surface area contributed by atoms with E-state index in [1.165, 1.54) is 12.1 Å². The van der Waals surface area contributed by atoms with Gasteiger partial charge in [-0.1, -0.05) is 18.2 Å². The minimum atomic E-state index is -0.275. The lowest BCUT2D eigenvalue weighted by molar-refractivity contribution is -0.131. The molecule has 1 saturated heterocycles. The molecular weight excluding hydrogens is 395 g/mol. The molecule has 6 nitrogen and oxygen atoms in total. The van der Waals surface area contributed by atoms with E-state index >= 15 is 0 Å². The number of aryl methyl sites for hydroxylation is 2. The topological polar surface area (TPSA) is 61.5 Å². The van der Waals surface area contributed by atoms with E-state index in [2.05, 4.69) is 27.0 Å². The van der Waals surface area contributed by atoms with Crippen molar-refractivity contribution in [3.8, 4) is 0 Å². The Labute approximate surface area is 182 Å². The number of morpholine rings is 1. The van der Waals surface area contributed by atoms with Gasteiger partial charge >= 0.3 is 0 Å². The number of nitrogens with zero attached hydrogens (tertiary/aromatic N) is 3. The summed E-state index contributed by atoms with van der Waals surface area (Å²) in [7, 11) is 0.